The molecule has 1 aromatic carbocycles. The van der Waals surface area contributed by atoms with Gasteiger partial charge in [0.05, 0.1) is 11.4 Å². The summed E-state index contributed by atoms with van der Waals surface area (Å²) in [5.41, 5.74) is 3.60. The van der Waals surface area contributed by atoms with E-state index in [9.17, 15) is 0 Å². The summed E-state index contributed by atoms with van der Waals surface area (Å²) in [4.78, 5) is 0. The average Bonchev–Trinajstić information content (AvgIpc) is 2.74. The van der Waals surface area contributed by atoms with Gasteiger partial charge in [-0.2, -0.15) is 5.10 Å². The minimum Gasteiger partial charge on any atom is -0.311 e. The number of nitrogens with zero attached hydrogens (tertiary/aromatic N) is 2. The Labute approximate surface area is 88.7 Å². The molecule has 1 aliphatic rings. The maximum Gasteiger partial charge on any atom is 0.117 e. The highest BCUT2D eigenvalue weighted by Crippen LogP contribution is 2.16. The minimum absolute atomic E-state index is 0.890. The summed E-state index contributed by atoms with van der Waals surface area (Å²) in [6.45, 7) is 1.92. The number of fused-ring (bicyclic) bond motifs is 1. The second-order valence-corrected chi connectivity index (χ2v) is 3.71. The molecule has 2 heterocycles. The van der Waals surface area contributed by atoms with Crippen molar-refractivity contribution < 1.29 is 0 Å². The Balaban J connectivity index is 2.09. The molecule has 3 heteroatoms. The predicted octanol–water partition coefficient (Wildman–Crippen LogP) is 1.32. The molecule has 0 saturated carbocycles. The topological polar surface area (TPSA) is 29.9 Å². The molecule has 0 saturated heterocycles. The molecular formula is C12H12N3. The standard InChI is InChI=1S/C12H12N3/c1-2-4-11(5-3-1)15-12-9-13-7-6-10(12)8-14-15/h1-5,13H,6-7,9H2. The summed E-state index contributed by atoms with van der Waals surface area (Å²) in [6, 6.07) is 10.2. The number of benzene rings is 1. The molecule has 1 aliphatic heterocycles. The number of nitrogens with one attached hydrogen (secondary N) is 1. The van der Waals surface area contributed by atoms with Gasteiger partial charge < -0.3 is 5.32 Å². The van der Waals surface area contributed by atoms with Gasteiger partial charge in [-0.1, -0.05) is 18.2 Å². The van der Waals surface area contributed by atoms with Crippen molar-refractivity contribution in [2.75, 3.05) is 6.54 Å². The Morgan fingerprint density at radius 1 is 1.27 bits per heavy atom. The number of para-hydroxylation sites is 1. The Morgan fingerprint density at radius 3 is 3.00 bits per heavy atom. The lowest BCUT2D eigenvalue weighted by molar-refractivity contribution is 0.614. The second-order valence-electron chi connectivity index (χ2n) is 3.71. The maximum atomic E-state index is 4.32. The minimum atomic E-state index is 0.890. The summed E-state index contributed by atoms with van der Waals surface area (Å²) in [5.74, 6) is 0. The molecule has 0 bridgehead atoms. The summed E-state index contributed by atoms with van der Waals surface area (Å²) >= 11 is 0. The molecule has 0 amide bonds. The van der Waals surface area contributed by atoms with Gasteiger partial charge in [0.1, 0.15) is 6.20 Å². The predicted molar refractivity (Wildman–Crippen MR) is 57.8 cm³/mol. The third-order valence-corrected chi connectivity index (χ3v) is 2.73. The summed E-state index contributed by atoms with van der Waals surface area (Å²) in [7, 11) is 0. The quantitative estimate of drug-likeness (QED) is 0.749. The highest BCUT2D eigenvalue weighted by Gasteiger charge is 2.15. The van der Waals surface area contributed by atoms with Gasteiger partial charge in [-0.05, 0) is 25.1 Å². The van der Waals surface area contributed by atoms with Crippen LogP contribution in [0.15, 0.2) is 30.3 Å². The van der Waals surface area contributed by atoms with Crippen LogP contribution < -0.4 is 5.32 Å². The molecule has 1 aromatic heterocycles. The van der Waals surface area contributed by atoms with Gasteiger partial charge in [0.25, 0.3) is 0 Å². The monoisotopic (exact) mass is 198 g/mol. The molecule has 2 aromatic rings. The van der Waals surface area contributed by atoms with Crippen molar-refractivity contribution in [1.82, 2.24) is 15.1 Å². The largest absolute Gasteiger partial charge is 0.311 e. The fourth-order valence-corrected chi connectivity index (χ4v) is 1.95. The van der Waals surface area contributed by atoms with Crippen LogP contribution in [-0.2, 0) is 13.0 Å². The first-order valence-corrected chi connectivity index (χ1v) is 5.20. The van der Waals surface area contributed by atoms with Gasteiger partial charge in [0, 0.05) is 12.1 Å². The van der Waals surface area contributed by atoms with E-state index < -0.39 is 0 Å². The number of rotatable bonds is 1. The van der Waals surface area contributed by atoms with Crippen LogP contribution in [0.2, 0.25) is 0 Å². The summed E-state index contributed by atoms with van der Waals surface area (Å²) in [6.07, 6.45) is 4.13. The van der Waals surface area contributed by atoms with Crippen molar-refractivity contribution in [3.8, 4) is 5.69 Å². The van der Waals surface area contributed by atoms with Gasteiger partial charge in [0.2, 0.25) is 0 Å². The zero-order valence-corrected chi connectivity index (χ0v) is 8.40. The zero-order chi connectivity index (χ0) is 10.1. The van der Waals surface area contributed by atoms with Crippen molar-refractivity contribution in [2.45, 2.75) is 13.0 Å². The fraction of sp³-hybridized carbons (Fsp3) is 0.250. The van der Waals surface area contributed by atoms with E-state index in [0.717, 1.165) is 25.2 Å². The van der Waals surface area contributed by atoms with Gasteiger partial charge in [-0.25, -0.2) is 4.68 Å². The van der Waals surface area contributed by atoms with E-state index in [-0.39, 0.29) is 0 Å². The Morgan fingerprint density at radius 2 is 2.13 bits per heavy atom. The van der Waals surface area contributed by atoms with Crippen LogP contribution in [0.3, 0.4) is 0 Å². The van der Waals surface area contributed by atoms with Crippen molar-refractivity contribution in [3.05, 3.63) is 47.8 Å². The second kappa shape index (κ2) is 3.51. The van der Waals surface area contributed by atoms with Gasteiger partial charge in [-0.15, -0.1) is 0 Å². The summed E-state index contributed by atoms with van der Waals surface area (Å²) < 4.78 is 1.97. The first kappa shape index (κ1) is 8.68. The van der Waals surface area contributed by atoms with Crippen molar-refractivity contribution in [1.29, 1.82) is 0 Å². The number of aromatic nitrogens is 2. The first-order valence-electron chi connectivity index (χ1n) is 5.20. The molecule has 1 radical (unpaired) electrons. The van der Waals surface area contributed by atoms with Crippen LogP contribution >= 0.6 is 0 Å². The molecule has 75 valence electrons. The highest BCUT2D eigenvalue weighted by molar-refractivity contribution is 5.35. The van der Waals surface area contributed by atoms with Crippen LogP contribution in [0.1, 0.15) is 11.3 Å². The molecule has 0 spiro atoms. The average molecular weight is 198 g/mol. The van der Waals surface area contributed by atoms with E-state index in [4.69, 9.17) is 0 Å². The van der Waals surface area contributed by atoms with Crippen LogP contribution in [0.4, 0.5) is 0 Å². The van der Waals surface area contributed by atoms with E-state index in [1.165, 1.54) is 11.3 Å². The molecular weight excluding hydrogens is 186 g/mol. The van der Waals surface area contributed by atoms with Crippen molar-refractivity contribution in [2.24, 2.45) is 0 Å². The molecule has 0 fully saturated rings. The Hall–Kier alpha value is -1.61. The maximum absolute atomic E-state index is 4.32. The molecule has 3 rings (SSSR count). The van der Waals surface area contributed by atoms with Gasteiger partial charge in [-0.3, -0.25) is 0 Å². The van der Waals surface area contributed by atoms with Crippen molar-refractivity contribution >= 4 is 0 Å². The lowest BCUT2D eigenvalue weighted by Crippen LogP contribution is -2.24. The highest BCUT2D eigenvalue weighted by atomic mass is 15.3. The van der Waals surface area contributed by atoms with E-state index in [1.807, 2.05) is 22.9 Å². The third kappa shape index (κ3) is 1.45. The molecule has 15 heavy (non-hydrogen) atoms. The van der Waals surface area contributed by atoms with Crippen LogP contribution in [0.5, 0.6) is 0 Å². The van der Waals surface area contributed by atoms with E-state index >= 15 is 0 Å². The summed E-state index contributed by atoms with van der Waals surface area (Å²) in [5, 5.41) is 7.68. The molecule has 0 unspecified atom stereocenters. The Kier molecular flexibility index (Phi) is 2.03. The lowest BCUT2D eigenvalue weighted by atomic mass is 10.1. The Bertz CT molecular complexity index is 459. The third-order valence-electron chi connectivity index (χ3n) is 2.73. The molecule has 0 aliphatic carbocycles. The van der Waals surface area contributed by atoms with E-state index in [2.05, 4.69) is 28.7 Å². The van der Waals surface area contributed by atoms with Crippen LogP contribution in [0.25, 0.3) is 5.69 Å². The normalized spacial score (nSPS) is 14.9. The SMILES string of the molecule is [c]1nn(-c2ccccc2)c2c1CCNC2. The fourth-order valence-electron chi connectivity index (χ4n) is 1.95. The first-order chi connectivity index (χ1) is 7.45. The van der Waals surface area contributed by atoms with E-state index in [1.54, 1.807) is 0 Å². The molecule has 3 nitrogen and oxygen atoms in total. The zero-order valence-electron chi connectivity index (χ0n) is 8.40. The number of hydrogen-bond acceptors (Lipinski definition) is 2. The van der Waals surface area contributed by atoms with Crippen molar-refractivity contribution in [3.63, 3.8) is 0 Å². The molecule has 1 N–H and O–H groups in total. The van der Waals surface area contributed by atoms with E-state index in [0.29, 0.717) is 0 Å². The van der Waals surface area contributed by atoms with Crippen LogP contribution in [-0.4, -0.2) is 16.3 Å². The van der Waals surface area contributed by atoms with Gasteiger partial charge >= 0.3 is 0 Å². The van der Waals surface area contributed by atoms with Gasteiger partial charge in [0.15, 0.2) is 0 Å². The van der Waals surface area contributed by atoms with Crippen LogP contribution in [0, 0.1) is 6.20 Å². The number of hydrogen-bond donors (Lipinski definition) is 1. The lowest BCUT2D eigenvalue weighted by Gasteiger charge is -2.14. The molecule has 0 atom stereocenters. The smallest absolute Gasteiger partial charge is 0.117 e.